The fraction of sp³-hybridized carbons (Fsp3) is 0.333. The molecule has 3 N–H and O–H groups in total. The molecule has 1 unspecified atom stereocenters. The van der Waals surface area contributed by atoms with Gasteiger partial charge in [-0.25, -0.2) is 4.98 Å². The number of nitrogens with two attached hydrogens (primary N) is 1. The Kier molecular flexibility index (Phi) is 9.49. The lowest BCUT2D eigenvalue weighted by Gasteiger charge is -2.10. The Morgan fingerprint density at radius 3 is 2.45 bits per heavy atom. The van der Waals surface area contributed by atoms with Gasteiger partial charge in [0.2, 0.25) is 5.91 Å². The minimum atomic E-state index is -0.143. The Hall–Kier alpha value is -1.56. The normalized spacial score (nSPS) is 11.0. The zero-order valence-electron chi connectivity index (χ0n) is 12.4. The lowest BCUT2D eigenvalue weighted by molar-refractivity contribution is -0.124. The Labute approximate surface area is 143 Å². The summed E-state index contributed by atoms with van der Waals surface area (Å²) in [5, 5.41) is 2.88. The van der Waals surface area contributed by atoms with E-state index in [1.807, 2.05) is 29.8 Å². The third kappa shape index (κ3) is 6.05. The second kappa shape index (κ2) is 10.2. The highest BCUT2D eigenvalue weighted by Gasteiger charge is 2.09. The number of hydrogen-bond donors (Lipinski definition) is 2. The molecule has 0 fully saturated rings. The van der Waals surface area contributed by atoms with E-state index in [0.717, 1.165) is 12.1 Å². The number of rotatable bonds is 6. The van der Waals surface area contributed by atoms with Crippen LogP contribution in [0.3, 0.4) is 0 Å². The maximum absolute atomic E-state index is 11.6. The highest BCUT2D eigenvalue weighted by molar-refractivity contribution is 5.85. The third-order valence-electron chi connectivity index (χ3n) is 3.22. The second-order valence-corrected chi connectivity index (χ2v) is 4.91. The van der Waals surface area contributed by atoms with E-state index in [1.165, 1.54) is 5.56 Å². The summed E-state index contributed by atoms with van der Waals surface area (Å²) in [6.07, 6.45) is 5.49. The van der Waals surface area contributed by atoms with Crippen LogP contribution < -0.4 is 11.1 Å². The summed E-state index contributed by atoms with van der Waals surface area (Å²) in [4.78, 5) is 15.6. The van der Waals surface area contributed by atoms with Crippen LogP contribution in [-0.2, 0) is 17.9 Å². The first kappa shape index (κ1) is 20.4. The van der Waals surface area contributed by atoms with Gasteiger partial charge in [-0.15, -0.1) is 24.8 Å². The number of aromatic nitrogens is 2. The summed E-state index contributed by atoms with van der Waals surface area (Å²) in [7, 11) is 0. The third-order valence-corrected chi connectivity index (χ3v) is 3.22. The molecule has 0 saturated heterocycles. The molecule has 0 aliphatic heterocycles. The van der Waals surface area contributed by atoms with E-state index in [9.17, 15) is 4.79 Å². The van der Waals surface area contributed by atoms with E-state index in [-0.39, 0.29) is 36.6 Å². The van der Waals surface area contributed by atoms with Crippen LogP contribution in [0.5, 0.6) is 0 Å². The van der Waals surface area contributed by atoms with E-state index in [2.05, 4.69) is 22.4 Å². The smallest absolute Gasteiger partial charge is 0.224 e. The zero-order chi connectivity index (χ0) is 14.4. The molecule has 0 bridgehead atoms. The second-order valence-electron chi connectivity index (χ2n) is 4.91. The van der Waals surface area contributed by atoms with Crippen LogP contribution in [0.25, 0.3) is 0 Å². The van der Waals surface area contributed by atoms with Gasteiger partial charge in [-0.2, -0.15) is 0 Å². The molecular formula is C15H22Cl2N4O. The zero-order valence-corrected chi connectivity index (χ0v) is 14.1. The number of carbonyl (C=O) groups is 1. The van der Waals surface area contributed by atoms with Crippen molar-refractivity contribution in [2.24, 2.45) is 11.7 Å². The maximum Gasteiger partial charge on any atom is 0.224 e. The first-order valence-electron chi connectivity index (χ1n) is 6.70. The molecular weight excluding hydrogens is 323 g/mol. The molecule has 2 aromatic rings. The highest BCUT2D eigenvalue weighted by atomic mass is 35.5. The van der Waals surface area contributed by atoms with Gasteiger partial charge in [-0.1, -0.05) is 31.2 Å². The topological polar surface area (TPSA) is 72.9 Å². The van der Waals surface area contributed by atoms with Crippen LogP contribution in [0, 0.1) is 5.92 Å². The van der Waals surface area contributed by atoms with Gasteiger partial charge in [-0.3, -0.25) is 4.79 Å². The monoisotopic (exact) mass is 344 g/mol. The Morgan fingerprint density at radius 2 is 1.91 bits per heavy atom. The molecule has 1 atom stereocenters. The van der Waals surface area contributed by atoms with Crippen LogP contribution in [0.1, 0.15) is 18.1 Å². The number of nitrogens with zero attached hydrogens (tertiary/aromatic N) is 2. The molecule has 1 amide bonds. The van der Waals surface area contributed by atoms with Crippen LogP contribution in [-0.4, -0.2) is 22.0 Å². The average Bonchev–Trinajstić information content (AvgIpc) is 2.98. The Bertz CT molecular complexity index is 543. The number of halogens is 2. The lowest BCUT2D eigenvalue weighted by Crippen LogP contribution is -2.32. The Morgan fingerprint density at radius 1 is 1.27 bits per heavy atom. The molecule has 7 heteroatoms. The quantitative estimate of drug-likeness (QED) is 0.841. The lowest BCUT2D eigenvalue weighted by atomic mass is 10.1. The molecule has 0 aliphatic carbocycles. The molecule has 0 aliphatic rings. The number of imidazole rings is 1. The molecule has 1 aromatic heterocycles. The van der Waals surface area contributed by atoms with E-state index < -0.39 is 0 Å². The van der Waals surface area contributed by atoms with Crippen molar-refractivity contribution >= 4 is 30.7 Å². The molecule has 0 saturated carbocycles. The van der Waals surface area contributed by atoms with Crippen molar-refractivity contribution in [3.63, 3.8) is 0 Å². The predicted molar refractivity (Wildman–Crippen MR) is 92.3 cm³/mol. The molecule has 0 radical (unpaired) electrons. The van der Waals surface area contributed by atoms with Gasteiger partial charge in [0.05, 0.1) is 6.33 Å². The largest absolute Gasteiger partial charge is 0.352 e. The SMILES string of the molecule is CC(CN)C(=O)NCc1ccc(Cn2ccnc2)cc1.Cl.Cl. The van der Waals surface area contributed by atoms with Crippen LogP contribution >= 0.6 is 24.8 Å². The standard InChI is InChI=1S/C15H20N4O.2ClH/c1-12(8-16)15(20)18-9-13-2-4-14(5-3-13)10-19-7-6-17-11-19;;/h2-7,11-12H,8-10,16H2,1H3,(H,18,20);2*1H. The minimum Gasteiger partial charge on any atom is -0.352 e. The average molecular weight is 345 g/mol. The van der Waals surface area contributed by atoms with Crippen molar-refractivity contribution in [3.05, 3.63) is 54.1 Å². The van der Waals surface area contributed by atoms with Gasteiger partial charge < -0.3 is 15.6 Å². The van der Waals surface area contributed by atoms with Crippen molar-refractivity contribution in [2.45, 2.75) is 20.0 Å². The highest BCUT2D eigenvalue weighted by Crippen LogP contribution is 2.06. The number of carbonyl (C=O) groups excluding carboxylic acids is 1. The maximum atomic E-state index is 11.6. The molecule has 1 aromatic carbocycles. The van der Waals surface area contributed by atoms with Gasteiger partial charge in [0.15, 0.2) is 0 Å². The van der Waals surface area contributed by atoms with Gasteiger partial charge in [0.1, 0.15) is 0 Å². The van der Waals surface area contributed by atoms with E-state index in [1.54, 1.807) is 12.5 Å². The molecule has 0 spiro atoms. The van der Waals surface area contributed by atoms with Gasteiger partial charge >= 0.3 is 0 Å². The van der Waals surface area contributed by atoms with Gasteiger partial charge in [0.25, 0.3) is 0 Å². The molecule has 5 nitrogen and oxygen atoms in total. The summed E-state index contributed by atoms with van der Waals surface area (Å²) in [5.74, 6) is -0.148. The van der Waals surface area contributed by atoms with Gasteiger partial charge in [-0.05, 0) is 11.1 Å². The van der Waals surface area contributed by atoms with Crippen molar-refractivity contribution < 1.29 is 4.79 Å². The van der Waals surface area contributed by atoms with Crippen molar-refractivity contribution in [1.29, 1.82) is 0 Å². The molecule has 1 heterocycles. The van der Waals surface area contributed by atoms with Crippen LogP contribution in [0.15, 0.2) is 43.0 Å². The molecule has 2 rings (SSSR count). The number of benzene rings is 1. The number of nitrogens with one attached hydrogen (secondary N) is 1. The van der Waals surface area contributed by atoms with E-state index in [4.69, 9.17) is 5.73 Å². The summed E-state index contributed by atoms with van der Waals surface area (Å²) < 4.78 is 2.01. The summed E-state index contributed by atoms with van der Waals surface area (Å²) in [6, 6.07) is 8.18. The van der Waals surface area contributed by atoms with Crippen molar-refractivity contribution in [3.8, 4) is 0 Å². The first-order valence-corrected chi connectivity index (χ1v) is 6.70. The first-order chi connectivity index (χ1) is 9.69. The Balaban J connectivity index is 0.00000220. The predicted octanol–water partition coefficient (Wildman–Crippen LogP) is 1.99. The van der Waals surface area contributed by atoms with Crippen molar-refractivity contribution in [2.75, 3.05) is 6.54 Å². The number of amides is 1. The van der Waals surface area contributed by atoms with Gasteiger partial charge in [0, 0.05) is 37.9 Å². The summed E-state index contributed by atoms with van der Waals surface area (Å²) >= 11 is 0. The van der Waals surface area contributed by atoms with Crippen LogP contribution in [0.4, 0.5) is 0 Å². The molecule has 122 valence electrons. The summed E-state index contributed by atoms with van der Waals surface area (Å²) in [6.45, 7) is 3.53. The van der Waals surface area contributed by atoms with E-state index >= 15 is 0 Å². The summed E-state index contributed by atoms with van der Waals surface area (Å²) in [5.41, 5.74) is 7.74. The minimum absolute atomic E-state index is 0. The number of hydrogen-bond acceptors (Lipinski definition) is 3. The molecule has 22 heavy (non-hydrogen) atoms. The fourth-order valence-electron chi connectivity index (χ4n) is 1.82. The van der Waals surface area contributed by atoms with Crippen LogP contribution in [0.2, 0.25) is 0 Å². The van der Waals surface area contributed by atoms with E-state index in [0.29, 0.717) is 13.1 Å². The van der Waals surface area contributed by atoms with Crippen molar-refractivity contribution in [1.82, 2.24) is 14.9 Å². The fourth-order valence-corrected chi connectivity index (χ4v) is 1.82.